The van der Waals surface area contributed by atoms with Gasteiger partial charge in [-0.2, -0.15) is 0 Å². The molecule has 1 heterocycles. The third-order valence-corrected chi connectivity index (χ3v) is 6.79. The van der Waals surface area contributed by atoms with Gasteiger partial charge in [-0.3, -0.25) is 0 Å². The Balaban J connectivity index is 1.82. The predicted octanol–water partition coefficient (Wildman–Crippen LogP) is 8.16. The molecule has 35 heavy (non-hydrogen) atoms. The molecule has 0 saturated carbocycles. The van der Waals surface area contributed by atoms with Gasteiger partial charge in [0.15, 0.2) is 0 Å². The highest BCUT2D eigenvalue weighted by Gasteiger charge is 2.19. The number of para-hydroxylation sites is 1. The second-order valence-corrected chi connectivity index (χ2v) is 9.63. The number of aliphatic hydroxyl groups is 1. The molecule has 4 rings (SSSR count). The van der Waals surface area contributed by atoms with Gasteiger partial charge < -0.3 is 10.0 Å². The summed E-state index contributed by atoms with van der Waals surface area (Å²) in [6, 6.07) is 26.4. The van der Waals surface area contributed by atoms with Crippen LogP contribution in [-0.4, -0.2) is 34.6 Å². The summed E-state index contributed by atoms with van der Waals surface area (Å²) in [6.07, 6.45) is 3.98. The van der Waals surface area contributed by atoms with Crippen LogP contribution < -0.4 is 0 Å². The maximum Gasteiger partial charge on any atom is 0.0924 e. The lowest BCUT2D eigenvalue weighted by molar-refractivity contribution is 0.112. The first-order valence-corrected chi connectivity index (χ1v) is 13.1. The molecule has 0 aliphatic rings. The van der Waals surface area contributed by atoms with E-state index < -0.39 is 6.10 Å². The Morgan fingerprint density at radius 3 is 2.17 bits per heavy atom. The van der Waals surface area contributed by atoms with Gasteiger partial charge in [-0.1, -0.05) is 99.0 Å². The number of hydrogen-bond acceptors (Lipinski definition) is 3. The zero-order valence-electron chi connectivity index (χ0n) is 20.8. The second kappa shape index (κ2) is 12.3. The zero-order chi connectivity index (χ0) is 24.6. The van der Waals surface area contributed by atoms with E-state index in [9.17, 15) is 5.11 Å². The van der Waals surface area contributed by atoms with Crippen molar-refractivity contribution in [2.24, 2.45) is 0 Å². The highest BCUT2D eigenvalue weighted by Crippen LogP contribution is 2.35. The Hall–Kier alpha value is -2.72. The SMILES string of the molecule is CCCCN(CCCC)C[C@@H](O)c1cc(-c2ccc(Cl)cc2)nc2c(-c3ccccc3)cccc12. The number of benzene rings is 3. The molecule has 0 bridgehead atoms. The zero-order valence-corrected chi connectivity index (χ0v) is 21.5. The second-order valence-electron chi connectivity index (χ2n) is 9.19. The van der Waals surface area contributed by atoms with Gasteiger partial charge in [-0.15, -0.1) is 0 Å². The largest absolute Gasteiger partial charge is 0.387 e. The first-order valence-electron chi connectivity index (χ1n) is 12.8. The van der Waals surface area contributed by atoms with Gasteiger partial charge in [0, 0.05) is 28.1 Å². The molecular formula is C31H35ClN2O. The van der Waals surface area contributed by atoms with Crippen molar-refractivity contribution in [1.82, 2.24) is 9.88 Å². The highest BCUT2D eigenvalue weighted by molar-refractivity contribution is 6.30. The van der Waals surface area contributed by atoms with Gasteiger partial charge in [0.2, 0.25) is 0 Å². The van der Waals surface area contributed by atoms with Crippen LogP contribution in [0.5, 0.6) is 0 Å². The van der Waals surface area contributed by atoms with E-state index in [1.807, 2.05) is 42.5 Å². The minimum atomic E-state index is -0.605. The van der Waals surface area contributed by atoms with E-state index in [4.69, 9.17) is 16.6 Å². The van der Waals surface area contributed by atoms with Crippen molar-refractivity contribution in [2.75, 3.05) is 19.6 Å². The molecule has 0 spiro atoms. The molecule has 0 amide bonds. The average Bonchev–Trinajstić information content (AvgIpc) is 2.90. The number of aromatic nitrogens is 1. The number of unbranched alkanes of at least 4 members (excludes halogenated alkanes) is 2. The fourth-order valence-electron chi connectivity index (χ4n) is 4.57. The van der Waals surface area contributed by atoms with Gasteiger partial charge in [0.1, 0.15) is 0 Å². The quantitative estimate of drug-likeness (QED) is 0.232. The van der Waals surface area contributed by atoms with Crippen LogP contribution in [-0.2, 0) is 0 Å². The highest BCUT2D eigenvalue weighted by atomic mass is 35.5. The Morgan fingerprint density at radius 2 is 1.51 bits per heavy atom. The van der Waals surface area contributed by atoms with Crippen LogP contribution in [0, 0.1) is 0 Å². The minimum absolute atomic E-state index is 0.605. The Labute approximate surface area is 214 Å². The monoisotopic (exact) mass is 486 g/mol. The van der Waals surface area contributed by atoms with E-state index in [2.05, 4.69) is 55.1 Å². The molecule has 0 unspecified atom stereocenters. The third kappa shape index (κ3) is 6.29. The summed E-state index contributed by atoms with van der Waals surface area (Å²) >= 11 is 6.16. The lowest BCUT2D eigenvalue weighted by atomic mass is 9.95. The van der Waals surface area contributed by atoms with Gasteiger partial charge >= 0.3 is 0 Å². The predicted molar refractivity (Wildman–Crippen MR) is 149 cm³/mol. The molecule has 1 atom stereocenters. The standard InChI is InChI=1S/C31H35ClN2O/c1-3-5-19-34(20-6-4-2)22-30(35)28-21-29(24-15-17-25(32)18-16-24)33-31-26(13-10-14-27(28)31)23-11-8-7-9-12-23/h7-18,21,30,35H,3-6,19-20,22H2,1-2H3/t30-/m1/s1. The first kappa shape index (κ1) is 25.4. The third-order valence-electron chi connectivity index (χ3n) is 6.54. The summed E-state index contributed by atoms with van der Waals surface area (Å²) in [5, 5.41) is 13.3. The molecule has 3 aromatic carbocycles. The molecule has 0 aliphatic carbocycles. The maximum atomic E-state index is 11.6. The summed E-state index contributed by atoms with van der Waals surface area (Å²) in [7, 11) is 0. The lowest BCUT2D eigenvalue weighted by Gasteiger charge is -2.26. The van der Waals surface area contributed by atoms with Gasteiger partial charge in [-0.05, 0) is 55.3 Å². The normalized spacial score (nSPS) is 12.4. The van der Waals surface area contributed by atoms with Crippen LogP contribution >= 0.6 is 11.6 Å². The van der Waals surface area contributed by atoms with Crippen LogP contribution in [0.3, 0.4) is 0 Å². The molecular weight excluding hydrogens is 452 g/mol. The van der Waals surface area contributed by atoms with Crippen LogP contribution in [0.15, 0.2) is 78.9 Å². The number of fused-ring (bicyclic) bond motifs is 1. The van der Waals surface area contributed by atoms with E-state index >= 15 is 0 Å². The molecule has 0 radical (unpaired) electrons. The number of hydrogen-bond donors (Lipinski definition) is 1. The van der Waals surface area contributed by atoms with Crippen LogP contribution in [0.4, 0.5) is 0 Å². The van der Waals surface area contributed by atoms with E-state index in [1.54, 1.807) is 0 Å². The molecule has 182 valence electrons. The number of nitrogens with zero attached hydrogens (tertiary/aromatic N) is 2. The summed E-state index contributed by atoms with van der Waals surface area (Å²) in [4.78, 5) is 7.51. The van der Waals surface area contributed by atoms with Crippen LogP contribution in [0.2, 0.25) is 5.02 Å². The topological polar surface area (TPSA) is 36.4 Å². The number of rotatable bonds is 11. The van der Waals surface area contributed by atoms with E-state index in [0.717, 1.165) is 77.6 Å². The molecule has 4 aromatic rings. The Kier molecular flexibility index (Phi) is 8.92. The maximum absolute atomic E-state index is 11.6. The molecule has 1 aromatic heterocycles. The van der Waals surface area contributed by atoms with Crippen LogP contribution in [0.25, 0.3) is 33.3 Å². The van der Waals surface area contributed by atoms with E-state index in [-0.39, 0.29) is 0 Å². The van der Waals surface area contributed by atoms with Crippen molar-refractivity contribution < 1.29 is 5.11 Å². The van der Waals surface area contributed by atoms with Crippen molar-refractivity contribution in [3.05, 3.63) is 89.4 Å². The Bertz CT molecular complexity index is 1220. The summed E-state index contributed by atoms with van der Waals surface area (Å²) in [5.41, 5.74) is 5.86. The van der Waals surface area contributed by atoms with Crippen molar-refractivity contribution in [2.45, 2.75) is 45.6 Å². The first-order chi connectivity index (χ1) is 17.1. The minimum Gasteiger partial charge on any atom is -0.387 e. The molecule has 0 fully saturated rings. The summed E-state index contributed by atoms with van der Waals surface area (Å²) in [5.74, 6) is 0. The lowest BCUT2D eigenvalue weighted by Crippen LogP contribution is -2.31. The van der Waals surface area contributed by atoms with Crippen molar-refractivity contribution >= 4 is 22.5 Å². The molecule has 0 saturated heterocycles. The molecule has 3 nitrogen and oxygen atoms in total. The molecule has 0 aliphatic heterocycles. The fraction of sp³-hybridized carbons (Fsp3) is 0.323. The number of aliphatic hydroxyl groups excluding tert-OH is 1. The smallest absolute Gasteiger partial charge is 0.0924 e. The van der Waals surface area contributed by atoms with E-state index in [0.29, 0.717) is 11.6 Å². The van der Waals surface area contributed by atoms with Crippen molar-refractivity contribution in [3.63, 3.8) is 0 Å². The van der Waals surface area contributed by atoms with Crippen molar-refractivity contribution in [3.8, 4) is 22.4 Å². The average molecular weight is 487 g/mol. The molecule has 1 N–H and O–H groups in total. The summed E-state index contributed by atoms with van der Waals surface area (Å²) < 4.78 is 0. The molecule has 4 heteroatoms. The number of pyridine rings is 1. The van der Waals surface area contributed by atoms with Crippen LogP contribution in [0.1, 0.15) is 51.2 Å². The van der Waals surface area contributed by atoms with E-state index in [1.165, 1.54) is 0 Å². The van der Waals surface area contributed by atoms with Gasteiger partial charge in [0.25, 0.3) is 0 Å². The summed E-state index contributed by atoms with van der Waals surface area (Å²) in [6.45, 7) is 7.07. The Morgan fingerprint density at radius 1 is 0.829 bits per heavy atom. The van der Waals surface area contributed by atoms with Gasteiger partial charge in [-0.25, -0.2) is 4.98 Å². The van der Waals surface area contributed by atoms with Gasteiger partial charge in [0.05, 0.1) is 17.3 Å². The fourth-order valence-corrected chi connectivity index (χ4v) is 4.70. The number of halogens is 1. The van der Waals surface area contributed by atoms with Crippen molar-refractivity contribution in [1.29, 1.82) is 0 Å².